The maximum atomic E-state index is 12.9. The SMILES string of the molecule is CCCCc1c(C(=O)C(N)=O)c2c(OCC(=O)O)nc(C)cn2c1Cc1ccccc1. The number of ketones is 1. The minimum Gasteiger partial charge on any atom is -0.479 e. The molecular formula is C23H25N3O5. The van der Waals surface area contributed by atoms with Gasteiger partial charge in [-0.2, -0.15) is 0 Å². The van der Waals surface area contributed by atoms with E-state index < -0.39 is 24.3 Å². The molecule has 3 aromatic rings. The summed E-state index contributed by atoms with van der Waals surface area (Å²) in [6.07, 6.45) is 4.52. The average Bonchev–Trinajstić information content (AvgIpc) is 3.03. The number of carboxylic acids is 1. The van der Waals surface area contributed by atoms with E-state index in [-0.39, 0.29) is 17.0 Å². The summed E-state index contributed by atoms with van der Waals surface area (Å²) in [6.45, 7) is 3.16. The quantitative estimate of drug-likeness (QED) is 0.382. The van der Waals surface area contributed by atoms with Crippen molar-refractivity contribution in [2.75, 3.05) is 6.61 Å². The van der Waals surface area contributed by atoms with Crippen LogP contribution in [-0.4, -0.2) is 38.8 Å². The third-order valence-corrected chi connectivity index (χ3v) is 4.99. The molecule has 0 aliphatic heterocycles. The molecule has 3 rings (SSSR count). The van der Waals surface area contributed by atoms with Crippen LogP contribution in [0.3, 0.4) is 0 Å². The molecule has 0 saturated carbocycles. The molecule has 31 heavy (non-hydrogen) atoms. The number of ether oxygens (including phenoxy) is 1. The van der Waals surface area contributed by atoms with Crippen LogP contribution in [0, 0.1) is 6.92 Å². The first-order valence-electron chi connectivity index (χ1n) is 10.1. The third-order valence-electron chi connectivity index (χ3n) is 4.99. The lowest BCUT2D eigenvalue weighted by molar-refractivity contribution is -0.139. The number of hydrogen-bond acceptors (Lipinski definition) is 5. The molecule has 2 aromatic heterocycles. The van der Waals surface area contributed by atoms with Crippen LogP contribution in [0.15, 0.2) is 36.5 Å². The Morgan fingerprint density at radius 2 is 1.90 bits per heavy atom. The van der Waals surface area contributed by atoms with Crippen molar-refractivity contribution in [1.29, 1.82) is 0 Å². The van der Waals surface area contributed by atoms with Crippen molar-refractivity contribution in [2.24, 2.45) is 5.73 Å². The number of aliphatic carboxylic acids is 1. The van der Waals surface area contributed by atoms with Crippen LogP contribution >= 0.6 is 0 Å². The number of fused-ring (bicyclic) bond motifs is 1. The first kappa shape index (κ1) is 22.0. The minimum atomic E-state index is -1.17. The molecule has 162 valence electrons. The highest BCUT2D eigenvalue weighted by Gasteiger charge is 2.29. The fourth-order valence-electron chi connectivity index (χ4n) is 3.67. The predicted octanol–water partition coefficient (Wildman–Crippen LogP) is 2.71. The summed E-state index contributed by atoms with van der Waals surface area (Å²) >= 11 is 0. The maximum absolute atomic E-state index is 12.9. The molecule has 0 spiro atoms. The number of nitrogens with zero attached hydrogens (tertiary/aromatic N) is 2. The summed E-state index contributed by atoms with van der Waals surface area (Å²) < 4.78 is 7.20. The average molecular weight is 423 g/mol. The number of carboxylic acid groups (broad SMARTS) is 1. The van der Waals surface area contributed by atoms with Crippen LogP contribution in [0.2, 0.25) is 0 Å². The van der Waals surface area contributed by atoms with Gasteiger partial charge in [-0.25, -0.2) is 9.78 Å². The largest absolute Gasteiger partial charge is 0.479 e. The van der Waals surface area contributed by atoms with E-state index in [2.05, 4.69) is 4.98 Å². The number of carbonyl (C=O) groups excluding carboxylic acids is 2. The van der Waals surface area contributed by atoms with Crippen LogP contribution in [0.5, 0.6) is 5.88 Å². The summed E-state index contributed by atoms with van der Waals surface area (Å²) in [5, 5.41) is 9.05. The molecule has 0 aliphatic rings. The highest BCUT2D eigenvalue weighted by molar-refractivity contribution is 6.44. The Morgan fingerprint density at radius 1 is 1.19 bits per heavy atom. The van der Waals surface area contributed by atoms with Gasteiger partial charge in [0.1, 0.15) is 5.52 Å². The van der Waals surface area contributed by atoms with Gasteiger partial charge in [0.05, 0.1) is 11.3 Å². The zero-order valence-corrected chi connectivity index (χ0v) is 17.6. The van der Waals surface area contributed by atoms with Gasteiger partial charge in [-0.3, -0.25) is 9.59 Å². The van der Waals surface area contributed by atoms with Crippen molar-refractivity contribution in [1.82, 2.24) is 9.38 Å². The number of hydrogen-bond donors (Lipinski definition) is 2. The van der Waals surface area contributed by atoms with E-state index in [1.165, 1.54) is 0 Å². The number of Topliss-reactive ketones (excluding diaryl/α,β-unsaturated/α-hetero) is 1. The first-order valence-corrected chi connectivity index (χ1v) is 10.1. The lowest BCUT2D eigenvalue weighted by Gasteiger charge is -2.10. The van der Waals surface area contributed by atoms with Crippen molar-refractivity contribution in [3.63, 3.8) is 0 Å². The Balaban J connectivity index is 2.34. The monoisotopic (exact) mass is 423 g/mol. The topological polar surface area (TPSA) is 124 Å². The van der Waals surface area contributed by atoms with Gasteiger partial charge in [0.25, 0.3) is 11.7 Å². The molecule has 0 radical (unpaired) electrons. The molecule has 0 fully saturated rings. The number of amides is 1. The summed E-state index contributed by atoms with van der Waals surface area (Å²) in [7, 11) is 0. The van der Waals surface area contributed by atoms with E-state index in [0.717, 1.165) is 24.1 Å². The van der Waals surface area contributed by atoms with Gasteiger partial charge in [-0.15, -0.1) is 0 Å². The van der Waals surface area contributed by atoms with Crippen LogP contribution < -0.4 is 10.5 Å². The normalized spacial score (nSPS) is 10.9. The Hall–Kier alpha value is -3.68. The van der Waals surface area contributed by atoms with Gasteiger partial charge < -0.3 is 20.0 Å². The zero-order valence-electron chi connectivity index (χ0n) is 17.6. The van der Waals surface area contributed by atoms with Gasteiger partial charge >= 0.3 is 5.97 Å². The van der Waals surface area contributed by atoms with E-state index >= 15 is 0 Å². The number of carbonyl (C=O) groups is 3. The van der Waals surface area contributed by atoms with Gasteiger partial charge in [0.2, 0.25) is 5.88 Å². The third kappa shape index (κ3) is 4.74. The standard InChI is InChI=1S/C23H25N3O5/c1-3-4-10-16-17(11-15-8-6-5-7-9-15)26-12-14(2)25-23(31-13-18(27)28)20(26)19(16)21(29)22(24)30/h5-9,12H,3-4,10-11,13H2,1-2H3,(H2,24,30)(H,27,28). The summed E-state index contributed by atoms with van der Waals surface area (Å²) in [5.41, 5.74) is 8.92. The molecule has 8 nitrogen and oxygen atoms in total. The Bertz CT molecular complexity index is 1140. The molecule has 8 heteroatoms. The van der Waals surface area contributed by atoms with Crippen molar-refractivity contribution >= 4 is 23.2 Å². The van der Waals surface area contributed by atoms with Crippen molar-refractivity contribution in [3.8, 4) is 5.88 Å². The lowest BCUT2D eigenvalue weighted by Crippen LogP contribution is -2.24. The number of benzene rings is 1. The second-order valence-electron chi connectivity index (χ2n) is 7.35. The van der Waals surface area contributed by atoms with Gasteiger partial charge in [0, 0.05) is 18.3 Å². The number of aryl methyl sites for hydroxylation is 1. The number of unbranched alkanes of at least 4 members (excludes halogenated alkanes) is 1. The minimum absolute atomic E-state index is 0.0101. The second-order valence-corrected chi connectivity index (χ2v) is 7.35. The smallest absolute Gasteiger partial charge is 0.341 e. The molecule has 1 amide bonds. The summed E-state index contributed by atoms with van der Waals surface area (Å²) in [5.74, 6) is -3.11. The molecule has 0 unspecified atom stereocenters. The van der Waals surface area contributed by atoms with Gasteiger partial charge in [0.15, 0.2) is 6.61 Å². The van der Waals surface area contributed by atoms with E-state index in [9.17, 15) is 14.4 Å². The molecule has 0 bridgehead atoms. The van der Waals surface area contributed by atoms with E-state index in [0.29, 0.717) is 24.1 Å². The molecular weight excluding hydrogens is 398 g/mol. The molecule has 2 heterocycles. The fraction of sp³-hybridized carbons (Fsp3) is 0.304. The van der Waals surface area contributed by atoms with Crippen LogP contribution in [0.4, 0.5) is 0 Å². The van der Waals surface area contributed by atoms with Crippen molar-refractivity contribution in [3.05, 3.63) is 64.6 Å². The van der Waals surface area contributed by atoms with Crippen molar-refractivity contribution in [2.45, 2.75) is 39.5 Å². The number of aromatic nitrogens is 2. The summed E-state index contributed by atoms with van der Waals surface area (Å²) in [6, 6.07) is 9.75. The highest BCUT2D eigenvalue weighted by atomic mass is 16.5. The number of rotatable bonds is 10. The highest BCUT2D eigenvalue weighted by Crippen LogP contribution is 2.33. The fourth-order valence-corrected chi connectivity index (χ4v) is 3.67. The van der Waals surface area contributed by atoms with E-state index in [1.54, 1.807) is 17.5 Å². The van der Waals surface area contributed by atoms with Crippen LogP contribution in [0.25, 0.3) is 5.52 Å². The van der Waals surface area contributed by atoms with E-state index in [1.807, 2.05) is 37.3 Å². The molecule has 3 N–H and O–H groups in total. The van der Waals surface area contributed by atoms with Crippen LogP contribution in [-0.2, 0) is 22.4 Å². The van der Waals surface area contributed by atoms with Gasteiger partial charge in [-0.1, -0.05) is 43.7 Å². The Morgan fingerprint density at radius 3 is 2.52 bits per heavy atom. The van der Waals surface area contributed by atoms with Crippen molar-refractivity contribution < 1.29 is 24.2 Å². The number of primary amides is 1. The number of nitrogens with two attached hydrogens (primary N) is 1. The molecule has 0 aliphatic carbocycles. The van der Waals surface area contributed by atoms with E-state index in [4.69, 9.17) is 15.6 Å². The first-order chi connectivity index (χ1) is 14.8. The predicted molar refractivity (Wildman–Crippen MR) is 114 cm³/mol. The molecule has 0 atom stereocenters. The Kier molecular flexibility index (Phi) is 6.69. The molecule has 1 aromatic carbocycles. The molecule has 0 saturated heterocycles. The zero-order chi connectivity index (χ0) is 22.5. The maximum Gasteiger partial charge on any atom is 0.341 e. The van der Waals surface area contributed by atoms with Crippen LogP contribution in [0.1, 0.15) is 52.6 Å². The Labute approximate surface area is 179 Å². The van der Waals surface area contributed by atoms with Gasteiger partial charge in [-0.05, 0) is 30.9 Å². The lowest BCUT2D eigenvalue weighted by atomic mass is 9.97. The summed E-state index contributed by atoms with van der Waals surface area (Å²) in [4.78, 5) is 40.2. The second kappa shape index (κ2) is 9.42.